The van der Waals surface area contributed by atoms with Crippen LogP contribution in [0.15, 0.2) is 0 Å². The van der Waals surface area contributed by atoms with E-state index >= 15 is 0 Å². The van der Waals surface area contributed by atoms with Gasteiger partial charge in [0.05, 0.1) is 6.54 Å². The molecule has 0 aromatic rings. The van der Waals surface area contributed by atoms with Crippen molar-refractivity contribution in [3.05, 3.63) is 0 Å². The van der Waals surface area contributed by atoms with Gasteiger partial charge in [-0.05, 0) is 58.2 Å². The first-order valence-corrected chi connectivity index (χ1v) is 7.44. The zero-order chi connectivity index (χ0) is 13.0. The van der Waals surface area contributed by atoms with Crippen LogP contribution in [0.5, 0.6) is 0 Å². The van der Waals surface area contributed by atoms with E-state index in [1.807, 2.05) is 0 Å². The van der Waals surface area contributed by atoms with Gasteiger partial charge >= 0.3 is 0 Å². The summed E-state index contributed by atoms with van der Waals surface area (Å²) >= 11 is 0. The van der Waals surface area contributed by atoms with Crippen molar-refractivity contribution in [2.45, 2.75) is 51.6 Å². The van der Waals surface area contributed by atoms with Crippen molar-refractivity contribution in [1.29, 1.82) is 0 Å². The summed E-state index contributed by atoms with van der Waals surface area (Å²) in [6.45, 7) is 8.22. The summed E-state index contributed by atoms with van der Waals surface area (Å²) in [5, 5.41) is 6.57. The predicted molar refractivity (Wildman–Crippen MR) is 73.5 cm³/mol. The molecular formula is C14H27N3O. The fraction of sp³-hybridized carbons (Fsp3) is 0.929. The molecule has 4 heteroatoms. The van der Waals surface area contributed by atoms with Crippen molar-refractivity contribution in [2.75, 3.05) is 26.2 Å². The molecule has 0 bridgehead atoms. The average Bonchev–Trinajstić information content (AvgIpc) is 3.14. The molecule has 1 aliphatic carbocycles. The fourth-order valence-electron chi connectivity index (χ4n) is 2.80. The van der Waals surface area contributed by atoms with Crippen molar-refractivity contribution in [3.63, 3.8) is 0 Å². The molecule has 4 nitrogen and oxygen atoms in total. The van der Waals surface area contributed by atoms with Crippen LogP contribution in [0.25, 0.3) is 0 Å². The van der Waals surface area contributed by atoms with Crippen LogP contribution in [0, 0.1) is 5.92 Å². The number of hydrogen-bond acceptors (Lipinski definition) is 3. The number of amides is 1. The second-order valence-corrected chi connectivity index (χ2v) is 5.80. The van der Waals surface area contributed by atoms with E-state index in [1.165, 1.54) is 25.7 Å². The topological polar surface area (TPSA) is 44.4 Å². The number of carbonyl (C=O) groups excluding carboxylic acids is 1. The summed E-state index contributed by atoms with van der Waals surface area (Å²) in [5.74, 6) is 0.989. The Hall–Kier alpha value is -0.610. The zero-order valence-electron chi connectivity index (χ0n) is 11.7. The number of rotatable bonds is 6. The van der Waals surface area contributed by atoms with Crippen LogP contribution in [0.4, 0.5) is 0 Å². The fourth-order valence-corrected chi connectivity index (χ4v) is 2.80. The van der Waals surface area contributed by atoms with Crippen LogP contribution in [0.3, 0.4) is 0 Å². The van der Waals surface area contributed by atoms with E-state index in [2.05, 4.69) is 29.4 Å². The van der Waals surface area contributed by atoms with Gasteiger partial charge in [-0.25, -0.2) is 0 Å². The summed E-state index contributed by atoms with van der Waals surface area (Å²) < 4.78 is 0. The molecule has 0 aromatic heterocycles. The molecule has 1 saturated heterocycles. The molecule has 2 N–H and O–H groups in total. The molecule has 0 radical (unpaired) electrons. The summed E-state index contributed by atoms with van der Waals surface area (Å²) in [6.07, 6.45) is 4.78. The average molecular weight is 253 g/mol. The minimum atomic E-state index is 0.218. The monoisotopic (exact) mass is 253 g/mol. The highest BCUT2D eigenvalue weighted by atomic mass is 16.2. The van der Waals surface area contributed by atoms with Gasteiger partial charge in [0.25, 0.3) is 0 Å². The number of nitrogens with one attached hydrogen (secondary N) is 2. The maximum Gasteiger partial charge on any atom is 0.234 e. The largest absolute Gasteiger partial charge is 0.352 e. The maximum absolute atomic E-state index is 11.7. The molecular weight excluding hydrogens is 226 g/mol. The molecule has 1 saturated carbocycles. The van der Waals surface area contributed by atoms with Crippen LogP contribution in [0.2, 0.25) is 0 Å². The Balaban J connectivity index is 1.64. The molecule has 0 aromatic carbocycles. The quantitative estimate of drug-likeness (QED) is 0.741. The third-order valence-electron chi connectivity index (χ3n) is 4.18. The van der Waals surface area contributed by atoms with Gasteiger partial charge in [-0.1, -0.05) is 6.92 Å². The van der Waals surface area contributed by atoms with Gasteiger partial charge in [0.1, 0.15) is 0 Å². The van der Waals surface area contributed by atoms with Crippen molar-refractivity contribution in [2.24, 2.45) is 5.92 Å². The minimum Gasteiger partial charge on any atom is -0.352 e. The van der Waals surface area contributed by atoms with Gasteiger partial charge in [-0.3, -0.25) is 9.69 Å². The van der Waals surface area contributed by atoms with E-state index in [0.29, 0.717) is 18.6 Å². The van der Waals surface area contributed by atoms with E-state index in [4.69, 9.17) is 0 Å². The van der Waals surface area contributed by atoms with Crippen LogP contribution in [-0.2, 0) is 4.79 Å². The predicted octanol–water partition coefficient (Wildman–Crippen LogP) is 0.975. The Labute approximate surface area is 110 Å². The highest BCUT2D eigenvalue weighted by Crippen LogP contribution is 2.21. The summed E-state index contributed by atoms with van der Waals surface area (Å²) in [6, 6.07) is 1.10. The molecule has 0 spiro atoms. The van der Waals surface area contributed by atoms with Crippen molar-refractivity contribution >= 4 is 5.91 Å². The molecule has 2 fully saturated rings. The van der Waals surface area contributed by atoms with Gasteiger partial charge in [0.15, 0.2) is 0 Å². The SMILES string of the molecule is CCNC(C)C1CCN(CC(=O)NC2CC2)CC1. The van der Waals surface area contributed by atoms with E-state index in [-0.39, 0.29) is 5.91 Å². The lowest BCUT2D eigenvalue weighted by atomic mass is 9.90. The Morgan fingerprint density at radius 2 is 1.94 bits per heavy atom. The van der Waals surface area contributed by atoms with E-state index in [1.54, 1.807) is 0 Å². The zero-order valence-corrected chi connectivity index (χ0v) is 11.7. The number of piperidine rings is 1. The molecule has 104 valence electrons. The summed E-state index contributed by atoms with van der Waals surface area (Å²) in [7, 11) is 0. The molecule has 1 atom stereocenters. The van der Waals surface area contributed by atoms with E-state index < -0.39 is 0 Å². The van der Waals surface area contributed by atoms with Crippen molar-refractivity contribution < 1.29 is 4.79 Å². The van der Waals surface area contributed by atoms with Gasteiger partial charge in [0, 0.05) is 12.1 Å². The smallest absolute Gasteiger partial charge is 0.234 e. The first kappa shape index (κ1) is 13.8. The molecule has 2 aliphatic rings. The lowest BCUT2D eigenvalue weighted by molar-refractivity contribution is -0.122. The van der Waals surface area contributed by atoms with Crippen LogP contribution in [0.1, 0.15) is 39.5 Å². The van der Waals surface area contributed by atoms with Gasteiger partial charge in [-0.15, -0.1) is 0 Å². The van der Waals surface area contributed by atoms with Gasteiger partial charge < -0.3 is 10.6 Å². The lowest BCUT2D eigenvalue weighted by Crippen LogP contribution is -2.45. The van der Waals surface area contributed by atoms with Gasteiger partial charge in [-0.2, -0.15) is 0 Å². The minimum absolute atomic E-state index is 0.218. The van der Waals surface area contributed by atoms with Crippen molar-refractivity contribution in [3.8, 4) is 0 Å². The first-order valence-electron chi connectivity index (χ1n) is 7.44. The lowest BCUT2D eigenvalue weighted by Gasteiger charge is -2.34. The summed E-state index contributed by atoms with van der Waals surface area (Å²) in [4.78, 5) is 14.0. The molecule has 1 heterocycles. The number of hydrogen-bond donors (Lipinski definition) is 2. The third kappa shape index (κ3) is 4.25. The number of carbonyl (C=O) groups is 1. The summed E-state index contributed by atoms with van der Waals surface area (Å²) in [5.41, 5.74) is 0. The number of likely N-dealkylation sites (tertiary alicyclic amines) is 1. The molecule has 1 unspecified atom stereocenters. The van der Waals surface area contributed by atoms with Crippen molar-refractivity contribution in [1.82, 2.24) is 15.5 Å². The normalized spacial score (nSPS) is 23.9. The van der Waals surface area contributed by atoms with E-state index in [0.717, 1.165) is 25.6 Å². The third-order valence-corrected chi connectivity index (χ3v) is 4.18. The second-order valence-electron chi connectivity index (χ2n) is 5.80. The Kier molecular flexibility index (Phi) is 5.01. The highest BCUT2D eigenvalue weighted by Gasteiger charge is 2.27. The molecule has 2 rings (SSSR count). The van der Waals surface area contributed by atoms with E-state index in [9.17, 15) is 4.79 Å². The molecule has 1 amide bonds. The second kappa shape index (κ2) is 6.53. The van der Waals surface area contributed by atoms with Gasteiger partial charge in [0.2, 0.25) is 5.91 Å². The highest BCUT2D eigenvalue weighted by molar-refractivity contribution is 5.78. The Morgan fingerprint density at radius 1 is 1.28 bits per heavy atom. The molecule has 18 heavy (non-hydrogen) atoms. The Bertz CT molecular complexity index is 270. The maximum atomic E-state index is 11.7. The standard InChI is InChI=1S/C14H27N3O/c1-3-15-11(2)12-6-8-17(9-7-12)10-14(18)16-13-4-5-13/h11-13,15H,3-10H2,1-2H3,(H,16,18). The van der Waals surface area contributed by atoms with Crippen LogP contribution >= 0.6 is 0 Å². The Morgan fingerprint density at radius 3 is 2.50 bits per heavy atom. The number of nitrogens with zero attached hydrogens (tertiary/aromatic N) is 1. The van der Waals surface area contributed by atoms with Crippen LogP contribution < -0.4 is 10.6 Å². The first-order chi connectivity index (χ1) is 8.69. The molecule has 1 aliphatic heterocycles. The van der Waals surface area contributed by atoms with Crippen LogP contribution in [-0.4, -0.2) is 49.1 Å².